The highest BCUT2D eigenvalue weighted by atomic mass is 16.5. The van der Waals surface area contributed by atoms with E-state index in [1.165, 1.54) is 0 Å². The van der Waals surface area contributed by atoms with Gasteiger partial charge in [0.15, 0.2) is 5.78 Å². The molecule has 0 unspecified atom stereocenters. The summed E-state index contributed by atoms with van der Waals surface area (Å²) in [6.07, 6.45) is 3.38. The quantitative estimate of drug-likeness (QED) is 0.317. The van der Waals surface area contributed by atoms with Crippen LogP contribution in [0.1, 0.15) is 44.7 Å². The molecule has 0 amide bonds. The molecule has 0 bridgehead atoms. The van der Waals surface area contributed by atoms with Gasteiger partial charge < -0.3 is 14.8 Å². The van der Waals surface area contributed by atoms with Crippen molar-refractivity contribution in [2.75, 3.05) is 13.2 Å². The second-order valence-electron chi connectivity index (χ2n) is 8.39. The molecule has 0 aliphatic carbocycles. The summed E-state index contributed by atoms with van der Waals surface area (Å²) in [6, 6.07) is 20.2. The molecule has 3 aromatic carbocycles. The molecule has 2 N–H and O–H groups in total. The van der Waals surface area contributed by atoms with Gasteiger partial charge in [0.2, 0.25) is 0 Å². The van der Waals surface area contributed by atoms with Crippen LogP contribution in [-0.4, -0.2) is 35.1 Å². The van der Waals surface area contributed by atoms with E-state index < -0.39 is 5.97 Å². The average molecular weight is 450 g/mol. The molecule has 0 saturated carbocycles. The largest absolute Gasteiger partial charge is 0.478 e. The summed E-state index contributed by atoms with van der Waals surface area (Å²) in [6.45, 7) is 1.27. The van der Waals surface area contributed by atoms with E-state index in [4.69, 9.17) is 4.74 Å². The van der Waals surface area contributed by atoms with Crippen LogP contribution in [0.25, 0.3) is 22.0 Å². The van der Waals surface area contributed by atoms with Crippen molar-refractivity contribution in [3.05, 3.63) is 95.2 Å². The van der Waals surface area contributed by atoms with Crippen molar-refractivity contribution >= 4 is 22.7 Å². The Bertz CT molecular complexity index is 1430. The fraction of sp³-hybridized carbons (Fsp3) is 0.172. The number of carbonyl (C=O) groups is 2. The summed E-state index contributed by atoms with van der Waals surface area (Å²) in [4.78, 5) is 27.9. The van der Waals surface area contributed by atoms with Crippen LogP contribution < -0.4 is 0 Å². The molecule has 1 saturated heterocycles. The number of hydrogen-bond acceptors (Lipinski definition) is 3. The van der Waals surface area contributed by atoms with E-state index in [0.717, 1.165) is 34.9 Å². The van der Waals surface area contributed by atoms with Gasteiger partial charge in [-0.15, -0.1) is 0 Å². The van der Waals surface area contributed by atoms with E-state index in [9.17, 15) is 14.7 Å². The lowest BCUT2D eigenvalue weighted by molar-refractivity contribution is 0.0545. The van der Waals surface area contributed by atoms with Crippen LogP contribution in [0.4, 0.5) is 0 Å². The summed E-state index contributed by atoms with van der Waals surface area (Å²) in [5.41, 5.74) is 4.59. The number of nitrogens with one attached hydrogen (secondary N) is 1. The van der Waals surface area contributed by atoms with Crippen LogP contribution in [0.5, 0.6) is 0 Å². The zero-order chi connectivity index (χ0) is 23.5. The smallest absolute Gasteiger partial charge is 0.336 e. The van der Waals surface area contributed by atoms with Gasteiger partial charge in [0.05, 0.1) is 5.56 Å². The zero-order valence-corrected chi connectivity index (χ0v) is 18.5. The minimum Gasteiger partial charge on any atom is -0.478 e. The number of ketones is 1. The van der Waals surface area contributed by atoms with Gasteiger partial charge in [-0.25, -0.2) is 4.79 Å². The van der Waals surface area contributed by atoms with E-state index in [0.29, 0.717) is 29.9 Å². The minimum absolute atomic E-state index is 0.0176. The lowest BCUT2D eigenvalue weighted by Gasteiger charge is -2.20. The van der Waals surface area contributed by atoms with Crippen LogP contribution in [-0.2, 0) is 4.74 Å². The Labute approximate surface area is 197 Å². The lowest BCUT2D eigenvalue weighted by atomic mass is 9.90. The molecule has 0 spiro atoms. The Kier molecular flexibility index (Phi) is 5.99. The van der Waals surface area contributed by atoms with Crippen LogP contribution >= 0.6 is 0 Å². The number of aromatic carboxylic acids is 1. The Morgan fingerprint density at radius 1 is 0.941 bits per heavy atom. The van der Waals surface area contributed by atoms with Gasteiger partial charge in [-0.2, -0.15) is 0 Å². The van der Waals surface area contributed by atoms with E-state index in [2.05, 4.69) is 16.8 Å². The molecule has 5 heteroatoms. The summed E-state index contributed by atoms with van der Waals surface area (Å²) in [5.74, 6) is 5.46. The van der Waals surface area contributed by atoms with E-state index in [1.807, 2.05) is 60.8 Å². The third-order valence-electron chi connectivity index (χ3n) is 6.24. The molecule has 4 aromatic rings. The zero-order valence-electron chi connectivity index (χ0n) is 18.5. The Hall–Kier alpha value is -4.14. The predicted molar refractivity (Wildman–Crippen MR) is 131 cm³/mol. The first-order chi connectivity index (χ1) is 16.6. The number of Topliss-reactive ketones (excluding diaryl/α,β-unsaturated/α-hetero) is 1. The van der Waals surface area contributed by atoms with Crippen molar-refractivity contribution in [3.8, 4) is 23.0 Å². The number of aromatic nitrogens is 1. The number of ether oxygens (including phenoxy) is 1. The van der Waals surface area contributed by atoms with E-state index in [1.54, 1.807) is 12.1 Å². The van der Waals surface area contributed by atoms with Crippen molar-refractivity contribution in [2.45, 2.75) is 12.8 Å². The molecule has 0 radical (unpaired) electrons. The molecule has 168 valence electrons. The summed E-state index contributed by atoms with van der Waals surface area (Å²) in [7, 11) is 0. The van der Waals surface area contributed by atoms with Crippen LogP contribution in [0.2, 0.25) is 0 Å². The Morgan fingerprint density at radius 2 is 1.74 bits per heavy atom. The first-order valence-electron chi connectivity index (χ1n) is 11.3. The number of carbonyl (C=O) groups excluding carboxylic acids is 1. The van der Waals surface area contributed by atoms with E-state index in [-0.39, 0.29) is 17.3 Å². The van der Waals surface area contributed by atoms with Crippen LogP contribution in [0.15, 0.2) is 72.9 Å². The third-order valence-corrected chi connectivity index (χ3v) is 6.24. The highest BCUT2D eigenvalue weighted by molar-refractivity contribution is 5.99. The highest BCUT2D eigenvalue weighted by Gasteiger charge is 2.22. The number of benzene rings is 3. The number of hydrogen-bond donors (Lipinski definition) is 2. The molecule has 5 rings (SSSR count). The molecule has 0 atom stereocenters. The molecule has 1 aliphatic heterocycles. The van der Waals surface area contributed by atoms with Crippen molar-refractivity contribution in [2.24, 2.45) is 5.92 Å². The van der Waals surface area contributed by atoms with Crippen LogP contribution in [0.3, 0.4) is 0 Å². The van der Waals surface area contributed by atoms with Gasteiger partial charge in [0.25, 0.3) is 0 Å². The molecule has 1 aromatic heterocycles. The summed E-state index contributed by atoms with van der Waals surface area (Å²) < 4.78 is 5.35. The summed E-state index contributed by atoms with van der Waals surface area (Å²) >= 11 is 0. The second kappa shape index (κ2) is 9.38. The van der Waals surface area contributed by atoms with Gasteiger partial charge in [0.1, 0.15) is 0 Å². The van der Waals surface area contributed by atoms with Gasteiger partial charge in [-0.3, -0.25) is 4.79 Å². The van der Waals surface area contributed by atoms with E-state index >= 15 is 0 Å². The molecule has 1 fully saturated rings. The number of rotatable bonds is 4. The number of carboxylic acid groups (broad SMARTS) is 1. The standard InChI is InChI=1S/C29H23NO4/c31-28(23-13-16-34-17-14-23)22-8-5-19(6-9-22)4-7-21-2-1-3-25(29(32)33)27(21)24-11-10-20-12-15-30-26(20)18-24/h1-3,5-6,8-12,15,18,23,30H,13-14,16-17H2,(H,32,33). The Balaban J connectivity index is 1.47. The fourth-order valence-corrected chi connectivity index (χ4v) is 4.40. The van der Waals surface area contributed by atoms with Crippen molar-refractivity contribution in [1.29, 1.82) is 0 Å². The number of aromatic amines is 1. The monoisotopic (exact) mass is 449 g/mol. The maximum absolute atomic E-state index is 12.7. The first kappa shape index (κ1) is 21.7. The SMILES string of the molecule is O=C(O)c1cccc(C#Cc2ccc(C(=O)C3CCOCC3)cc2)c1-c1ccc2cc[nH]c2c1. The minimum atomic E-state index is -0.999. The normalized spacial score (nSPS) is 13.9. The second-order valence-corrected chi connectivity index (χ2v) is 8.39. The van der Waals surface area contributed by atoms with Gasteiger partial charge >= 0.3 is 5.97 Å². The van der Waals surface area contributed by atoms with Crippen LogP contribution in [0, 0.1) is 17.8 Å². The molecule has 1 aliphatic rings. The highest BCUT2D eigenvalue weighted by Crippen LogP contribution is 2.30. The van der Waals surface area contributed by atoms with Gasteiger partial charge in [-0.05, 0) is 60.2 Å². The maximum Gasteiger partial charge on any atom is 0.336 e. The molecular formula is C29H23NO4. The fourth-order valence-electron chi connectivity index (χ4n) is 4.40. The average Bonchev–Trinajstić information content (AvgIpc) is 3.35. The van der Waals surface area contributed by atoms with Gasteiger partial charge in [-0.1, -0.05) is 42.2 Å². The topological polar surface area (TPSA) is 79.4 Å². The van der Waals surface area contributed by atoms with Crippen molar-refractivity contribution < 1.29 is 19.4 Å². The summed E-state index contributed by atoms with van der Waals surface area (Å²) in [5, 5.41) is 10.9. The van der Waals surface area contributed by atoms with Gasteiger partial charge in [0, 0.05) is 53.1 Å². The molecular weight excluding hydrogens is 426 g/mol. The number of fused-ring (bicyclic) bond motifs is 1. The van der Waals surface area contributed by atoms with Crippen molar-refractivity contribution in [3.63, 3.8) is 0 Å². The molecule has 5 nitrogen and oxygen atoms in total. The van der Waals surface area contributed by atoms with Crippen molar-refractivity contribution in [1.82, 2.24) is 4.98 Å². The Morgan fingerprint density at radius 3 is 2.50 bits per heavy atom. The third kappa shape index (κ3) is 4.36. The maximum atomic E-state index is 12.7. The predicted octanol–water partition coefficient (Wildman–Crippen LogP) is 5.54. The lowest BCUT2D eigenvalue weighted by Crippen LogP contribution is -2.23. The molecule has 2 heterocycles. The number of H-pyrrole nitrogens is 1. The number of carboxylic acids is 1. The first-order valence-corrected chi connectivity index (χ1v) is 11.3. The molecule has 34 heavy (non-hydrogen) atoms.